The number of benzene rings is 3. The van der Waals surface area contributed by atoms with Crippen LogP contribution in [0.15, 0.2) is 79.1 Å². The van der Waals surface area contributed by atoms with Gasteiger partial charge in [-0.15, -0.1) is 0 Å². The van der Waals surface area contributed by atoms with E-state index in [0.29, 0.717) is 63.0 Å². The number of rotatable bonds is 27. The molecule has 3 atom stereocenters. The zero-order valence-electron chi connectivity index (χ0n) is 45.0. The number of aromatic amines is 2. The molecule has 0 radical (unpaired) electrons. The Kier molecular flexibility index (Phi) is 19.5. The van der Waals surface area contributed by atoms with Gasteiger partial charge in [-0.1, -0.05) is 52.0 Å². The van der Waals surface area contributed by atoms with Crippen molar-refractivity contribution in [1.29, 1.82) is 0 Å². The molecule has 0 spiro atoms. The number of H-pyrrole nitrogens is 2. The first-order valence-electron chi connectivity index (χ1n) is 25.7. The zero-order chi connectivity index (χ0) is 54.5. The van der Waals surface area contributed by atoms with Crippen molar-refractivity contribution in [2.75, 3.05) is 62.4 Å². The second-order valence-electron chi connectivity index (χ2n) is 19.1. The molecular weight excluding hydrogens is 955 g/mol. The normalized spacial score (nSPS) is 14.6. The number of Topliss-reactive ketones (excluding diaryl/α,β-unsaturated/α-hetero) is 2. The van der Waals surface area contributed by atoms with Crippen LogP contribution in [0.1, 0.15) is 113 Å². The van der Waals surface area contributed by atoms with Crippen LogP contribution < -0.4 is 26.0 Å². The molecule has 1 aliphatic heterocycles. The van der Waals surface area contributed by atoms with E-state index in [2.05, 4.69) is 55.2 Å². The number of hydrogen-bond donors (Lipinski definition) is 6. The van der Waals surface area contributed by atoms with Crippen molar-refractivity contribution in [1.82, 2.24) is 30.3 Å². The van der Waals surface area contributed by atoms with E-state index in [1.165, 1.54) is 0 Å². The average Bonchev–Trinajstić information content (AvgIpc) is 4.13. The van der Waals surface area contributed by atoms with E-state index in [1.807, 2.05) is 69.3 Å². The van der Waals surface area contributed by atoms with Crippen molar-refractivity contribution < 1.29 is 43.0 Å². The lowest BCUT2D eigenvalue weighted by molar-refractivity contribution is -0.170. The number of methoxy groups -OCH3 is 1. The minimum Gasteiger partial charge on any atom is -0.497 e. The first-order chi connectivity index (χ1) is 35.8. The predicted molar refractivity (Wildman–Crippen MR) is 292 cm³/mol. The van der Waals surface area contributed by atoms with Crippen LogP contribution in [0.5, 0.6) is 5.75 Å². The van der Waals surface area contributed by atoms with Crippen LogP contribution in [0.3, 0.4) is 0 Å². The molecule has 5 aromatic rings. The van der Waals surface area contributed by atoms with Gasteiger partial charge in [0.1, 0.15) is 23.1 Å². The highest BCUT2D eigenvalue weighted by atomic mass is 16.5. The molecular formula is C57H73N9O9. The van der Waals surface area contributed by atoms with Crippen molar-refractivity contribution in [2.45, 2.75) is 112 Å². The molecule has 400 valence electrons. The summed E-state index contributed by atoms with van der Waals surface area (Å²) in [5, 5.41) is 18.5. The van der Waals surface area contributed by atoms with Gasteiger partial charge in [-0.2, -0.15) is 5.10 Å². The number of aromatic nitrogens is 3. The number of ketones is 2. The number of nitrogens with zero attached hydrogens (tertiary/aromatic N) is 3. The Morgan fingerprint density at radius 2 is 1.57 bits per heavy atom. The molecule has 0 fully saturated rings. The van der Waals surface area contributed by atoms with Gasteiger partial charge in [-0.3, -0.25) is 29.1 Å². The summed E-state index contributed by atoms with van der Waals surface area (Å²) in [6, 6.07) is 19.5. The van der Waals surface area contributed by atoms with Crippen molar-refractivity contribution in [2.24, 2.45) is 0 Å². The molecule has 0 aliphatic carbocycles. The summed E-state index contributed by atoms with van der Waals surface area (Å²) in [6.45, 7) is 19.7. The van der Waals surface area contributed by atoms with E-state index in [9.17, 15) is 28.8 Å². The van der Waals surface area contributed by atoms with Crippen LogP contribution in [0.2, 0.25) is 0 Å². The fraction of sp³-hybridized carbons (Fsp3) is 0.421. The SMILES string of the molecule is CCN(CC)CCNC(=O)c1c(C)[nH]c(/C=C2\C(=O)Nc3ccc(NC(=O)CCC(=O)C(C)(CC)OC(C)C(=O)C(C)(CC)OCCN(Cc4cccc(OC)c4)C(=O)Nc4ccc(-c5cn[nH]c5)cc4)cc32)c1C. The smallest absolute Gasteiger partial charge is 0.322 e. The number of fused-ring (bicyclic) bond motifs is 1. The number of carbonyl (C=O) groups excluding carboxylic acids is 6. The number of urea groups is 1. The summed E-state index contributed by atoms with van der Waals surface area (Å²) in [5.74, 6) is -1.02. The van der Waals surface area contributed by atoms with Crippen LogP contribution in [0.4, 0.5) is 21.9 Å². The summed E-state index contributed by atoms with van der Waals surface area (Å²) in [7, 11) is 1.58. The van der Waals surface area contributed by atoms with Gasteiger partial charge < -0.3 is 50.3 Å². The van der Waals surface area contributed by atoms with Crippen LogP contribution in [0.25, 0.3) is 22.8 Å². The lowest BCUT2D eigenvalue weighted by Crippen LogP contribution is -2.50. The van der Waals surface area contributed by atoms with Crippen molar-refractivity contribution >= 4 is 64.0 Å². The predicted octanol–water partition coefficient (Wildman–Crippen LogP) is 8.94. The molecule has 6 rings (SSSR count). The number of nitrogens with one attached hydrogen (secondary N) is 6. The molecule has 6 N–H and O–H groups in total. The summed E-state index contributed by atoms with van der Waals surface area (Å²) >= 11 is 0. The molecule has 75 heavy (non-hydrogen) atoms. The highest BCUT2D eigenvalue weighted by molar-refractivity contribution is 6.35. The van der Waals surface area contributed by atoms with Gasteiger partial charge in [0.15, 0.2) is 11.6 Å². The average molecular weight is 1030 g/mol. The number of likely N-dealkylation sites (N-methyl/N-ethyl adjacent to an activating group) is 1. The Bertz CT molecular complexity index is 2850. The molecule has 3 heterocycles. The number of carbonyl (C=O) groups is 6. The molecule has 1 aliphatic rings. The Hall–Kier alpha value is -7.41. The molecule has 3 unspecified atom stereocenters. The number of aryl methyl sites for hydroxylation is 1. The zero-order valence-corrected chi connectivity index (χ0v) is 45.0. The topological polar surface area (TPSA) is 229 Å². The Morgan fingerprint density at radius 1 is 0.853 bits per heavy atom. The van der Waals surface area contributed by atoms with Crippen LogP contribution >= 0.6 is 0 Å². The first kappa shape index (κ1) is 56.9. The number of hydrogen-bond acceptors (Lipinski definition) is 11. The van der Waals surface area contributed by atoms with E-state index in [-0.39, 0.29) is 74.8 Å². The quantitative estimate of drug-likeness (QED) is 0.0272. The third kappa shape index (κ3) is 14.3. The van der Waals surface area contributed by atoms with Crippen LogP contribution in [0, 0.1) is 13.8 Å². The highest BCUT2D eigenvalue weighted by Crippen LogP contribution is 2.36. The largest absolute Gasteiger partial charge is 0.497 e. The van der Waals surface area contributed by atoms with Gasteiger partial charge in [0, 0.05) is 84.8 Å². The lowest BCUT2D eigenvalue weighted by atomic mass is 9.91. The van der Waals surface area contributed by atoms with Gasteiger partial charge in [0.2, 0.25) is 5.91 Å². The second-order valence-corrected chi connectivity index (χ2v) is 19.1. The van der Waals surface area contributed by atoms with E-state index >= 15 is 0 Å². The lowest BCUT2D eigenvalue weighted by Gasteiger charge is -2.35. The molecule has 0 saturated carbocycles. The van der Waals surface area contributed by atoms with Gasteiger partial charge >= 0.3 is 6.03 Å². The van der Waals surface area contributed by atoms with E-state index in [4.69, 9.17) is 14.2 Å². The van der Waals surface area contributed by atoms with Crippen molar-refractivity contribution in [3.63, 3.8) is 0 Å². The standard InChI is InChI=1S/C57H73N9O9/c1-11-56(8,49(67)24-25-50(68)62-43-22-23-47-45(31-43)46(53(70)64-47)32-48-36(5)51(37(6)61-48)54(71)58-26-27-65(13-3)14-4)75-38(7)52(69)57(9,12-2)74-29-28-66(35-39-16-15-17-44(30-39)73-10)55(72)63-42-20-18-40(19-21-42)41-33-59-60-34-41/h15-23,30-34,38,61H,11-14,24-29,35H2,1-10H3,(H,58,71)(H,59,60)(H,62,68)(H,63,72)(H,64,70)/b46-32-. The minimum atomic E-state index is -1.40. The van der Waals surface area contributed by atoms with Gasteiger partial charge in [0.25, 0.3) is 11.8 Å². The van der Waals surface area contributed by atoms with E-state index < -0.39 is 23.2 Å². The second kappa shape index (κ2) is 25.7. The molecule has 18 heteroatoms. The maximum atomic E-state index is 14.2. The maximum Gasteiger partial charge on any atom is 0.322 e. The summed E-state index contributed by atoms with van der Waals surface area (Å²) < 4.78 is 18.0. The Labute approximate surface area is 439 Å². The molecule has 0 saturated heterocycles. The summed E-state index contributed by atoms with van der Waals surface area (Å²) in [6.07, 6.45) is 4.35. The van der Waals surface area contributed by atoms with Crippen molar-refractivity contribution in [3.05, 3.63) is 113 Å². The molecule has 2 aromatic heterocycles. The van der Waals surface area contributed by atoms with Gasteiger partial charge in [-0.25, -0.2) is 4.79 Å². The number of anilines is 3. The maximum absolute atomic E-state index is 14.2. The Balaban J connectivity index is 1.04. The summed E-state index contributed by atoms with van der Waals surface area (Å²) in [4.78, 5) is 88.8. The third-order valence-electron chi connectivity index (χ3n) is 14.1. The van der Waals surface area contributed by atoms with E-state index in [1.54, 1.807) is 76.4 Å². The molecule has 18 nitrogen and oxygen atoms in total. The molecule has 3 aromatic carbocycles. The minimum absolute atomic E-state index is 0.0121. The Morgan fingerprint density at radius 3 is 2.24 bits per heavy atom. The number of amides is 5. The van der Waals surface area contributed by atoms with Gasteiger partial charge in [-0.05, 0) is 126 Å². The fourth-order valence-electron chi connectivity index (χ4n) is 9.03. The monoisotopic (exact) mass is 1030 g/mol. The number of ether oxygens (including phenoxy) is 3. The third-order valence-corrected chi connectivity index (χ3v) is 14.1. The summed E-state index contributed by atoms with van der Waals surface area (Å²) in [5.41, 5.74) is 5.00. The molecule has 5 amide bonds. The van der Waals surface area contributed by atoms with Crippen LogP contribution in [-0.2, 0) is 35.2 Å². The highest BCUT2D eigenvalue weighted by Gasteiger charge is 2.41. The van der Waals surface area contributed by atoms with Gasteiger partial charge in [0.05, 0.1) is 31.1 Å². The molecule has 0 bridgehead atoms. The first-order valence-corrected chi connectivity index (χ1v) is 25.7. The fourth-order valence-corrected chi connectivity index (χ4v) is 9.03. The van der Waals surface area contributed by atoms with Crippen LogP contribution in [-0.4, -0.2) is 124 Å². The van der Waals surface area contributed by atoms with E-state index in [0.717, 1.165) is 36.3 Å². The van der Waals surface area contributed by atoms with Crippen molar-refractivity contribution in [3.8, 4) is 16.9 Å².